The summed E-state index contributed by atoms with van der Waals surface area (Å²) >= 11 is 5.10. The number of amidine groups is 1. The fraction of sp³-hybridized carbons (Fsp3) is 0.600. The summed E-state index contributed by atoms with van der Waals surface area (Å²) in [6, 6.07) is 1.79. The second-order valence-electron chi connectivity index (χ2n) is 1.44. The first-order valence-corrected chi connectivity index (χ1v) is 3.04. The Kier molecular flexibility index (Phi) is 4.94. The van der Waals surface area contributed by atoms with E-state index in [0.717, 1.165) is 6.42 Å². The molecule has 0 spiro atoms. The molecule has 4 heteroatoms. The molecule has 50 valence electrons. The van der Waals surface area contributed by atoms with Crippen LogP contribution in [0.4, 0.5) is 0 Å². The summed E-state index contributed by atoms with van der Waals surface area (Å²) in [4.78, 5) is 5.94. The summed E-state index contributed by atoms with van der Waals surface area (Å²) in [6.45, 7) is 2.62. The van der Waals surface area contributed by atoms with Crippen LogP contribution in [0.2, 0.25) is 0 Å². The molecule has 0 aliphatic carbocycles. The Morgan fingerprint density at radius 3 is 2.89 bits per heavy atom. The van der Waals surface area contributed by atoms with Gasteiger partial charge >= 0.3 is 0 Å². The zero-order valence-electron chi connectivity index (χ0n) is 5.19. The zero-order chi connectivity index (χ0) is 7.11. The predicted molar refractivity (Wildman–Crippen MR) is 37.2 cm³/mol. The summed E-state index contributed by atoms with van der Waals surface area (Å²) in [5, 5.41) is 8.22. The molecule has 0 bridgehead atoms. The molecule has 0 aromatic heterocycles. The van der Waals surface area contributed by atoms with Crippen LogP contribution in [0.3, 0.4) is 0 Å². The summed E-state index contributed by atoms with van der Waals surface area (Å²) < 4.78 is 0. The lowest BCUT2D eigenvalue weighted by Crippen LogP contribution is -2.09. The van der Waals surface area contributed by atoms with Crippen molar-refractivity contribution in [1.82, 2.24) is 4.84 Å². The van der Waals surface area contributed by atoms with Gasteiger partial charge in [0.2, 0.25) is 5.84 Å². The van der Waals surface area contributed by atoms with Gasteiger partial charge in [0.1, 0.15) is 6.07 Å². The Labute approximate surface area is 59.5 Å². The van der Waals surface area contributed by atoms with Crippen molar-refractivity contribution in [3.05, 3.63) is 0 Å². The topological polar surface area (TPSA) is 48.2 Å². The first-order valence-electron chi connectivity index (χ1n) is 2.66. The van der Waals surface area contributed by atoms with Crippen molar-refractivity contribution < 1.29 is 0 Å². The van der Waals surface area contributed by atoms with Crippen LogP contribution in [-0.2, 0) is 0 Å². The van der Waals surface area contributed by atoms with Gasteiger partial charge in [-0.05, 0) is 6.42 Å². The normalized spacial score (nSPS) is 10.6. The largest absolute Gasteiger partial charge is 0.274 e. The van der Waals surface area contributed by atoms with E-state index < -0.39 is 0 Å². The SMILES string of the molecule is CCCN=C(C#N)NCl. The number of aliphatic imine (C=N–C) groups is 1. The van der Waals surface area contributed by atoms with Gasteiger partial charge in [0.25, 0.3) is 0 Å². The Morgan fingerprint density at radius 1 is 1.89 bits per heavy atom. The van der Waals surface area contributed by atoms with Gasteiger partial charge in [-0.1, -0.05) is 6.92 Å². The van der Waals surface area contributed by atoms with Crippen LogP contribution in [0, 0.1) is 11.3 Å². The minimum atomic E-state index is 0.179. The maximum absolute atomic E-state index is 8.22. The Bertz CT molecular complexity index is 136. The number of rotatable bonds is 2. The molecule has 0 unspecified atom stereocenters. The van der Waals surface area contributed by atoms with E-state index in [1.807, 2.05) is 6.92 Å². The Balaban J connectivity index is 3.66. The fourth-order valence-electron chi connectivity index (χ4n) is 0.310. The molecular weight excluding hydrogens is 138 g/mol. The smallest absolute Gasteiger partial charge is 0.215 e. The van der Waals surface area contributed by atoms with E-state index in [-0.39, 0.29) is 5.84 Å². The van der Waals surface area contributed by atoms with Crippen LogP contribution in [0.1, 0.15) is 13.3 Å². The molecule has 0 fully saturated rings. The lowest BCUT2D eigenvalue weighted by atomic mass is 10.5. The molecule has 0 aromatic carbocycles. The lowest BCUT2D eigenvalue weighted by Gasteiger charge is -1.89. The van der Waals surface area contributed by atoms with Crippen molar-refractivity contribution in [2.75, 3.05) is 6.54 Å². The van der Waals surface area contributed by atoms with Crippen LogP contribution in [0.25, 0.3) is 0 Å². The van der Waals surface area contributed by atoms with Crippen molar-refractivity contribution in [3.63, 3.8) is 0 Å². The molecular formula is C5H8ClN3. The number of nitrogens with zero attached hydrogens (tertiary/aromatic N) is 2. The molecule has 0 rings (SSSR count). The van der Waals surface area contributed by atoms with E-state index in [1.54, 1.807) is 6.07 Å². The molecule has 0 aromatic rings. The summed E-state index contributed by atoms with van der Waals surface area (Å²) in [7, 11) is 0. The number of halogens is 1. The zero-order valence-corrected chi connectivity index (χ0v) is 5.94. The lowest BCUT2D eigenvalue weighted by molar-refractivity contribution is 0.929. The Hall–Kier alpha value is -0.750. The average molecular weight is 146 g/mol. The highest BCUT2D eigenvalue weighted by molar-refractivity contribution is 6.25. The highest BCUT2D eigenvalue weighted by Gasteiger charge is 1.88. The van der Waals surface area contributed by atoms with Crippen molar-refractivity contribution >= 4 is 17.6 Å². The van der Waals surface area contributed by atoms with Crippen LogP contribution in [0.5, 0.6) is 0 Å². The maximum Gasteiger partial charge on any atom is 0.215 e. The number of hydrogen-bond acceptors (Lipinski definition) is 2. The van der Waals surface area contributed by atoms with E-state index >= 15 is 0 Å². The third-order valence-corrected chi connectivity index (χ3v) is 0.868. The van der Waals surface area contributed by atoms with E-state index in [1.165, 1.54) is 0 Å². The highest BCUT2D eigenvalue weighted by atomic mass is 35.5. The predicted octanol–water partition coefficient (Wildman–Crippen LogP) is 1.06. The molecule has 3 nitrogen and oxygen atoms in total. The monoisotopic (exact) mass is 145 g/mol. The third-order valence-electron chi connectivity index (χ3n) is 0.689. The van der Waals surface area contributed by atoms with Crippen molar-refractivity contribution in [1.29, 1.82) is 5.26 Å². The van der Waals surface area contributed by atoms with Crippen LogP contribution in [-0.4, -0.2) is 12.4 Å². The van der Waals surface area contributed by atoms with Crippen LogP contribution in [0.15, 0.2) is 4.99 Å². The Morgan fingerprint density at radius 2 is 2.56 bits per heavy atom. The first kappa shape index (κ1) is 8.25. The molecule has 9 heavy (non-hydrogen) atoms. The molecule has 0 saturated heterocycles. The van der Waals surface area contributed by atoms with Crippen molar-refractivity contribution in [2.45, 2.75) is 13.3 Å². The number of nitriles is 1. The average Bonchev–Trinajstić information content (AvgIpc) is 1.91. The van der Waals surface area contributed by atoms with Crippen molar-refractivity contribution in [3.8, 4) is 6.07 Å². The van der Waals surface area contributed by atoms with Gasteiger partial charge in [-0.3, -0.25) is 9.83 Å². The first-order chi connectivity index (χ1) is 4.35. The minimum Gasteiger partial charge on any atom is -0.274 e. The second-order valence-corrected chi connectivity index (χ2v) is 1.63. The molecule has 0 atom stereocenters. The van der Waals surface area contributed by atoms with E-state index in [2.05, 4.69) is 9.83 Å². The maximum atomic E-state index is 8.22. The molecule has 0 amide bonds. The van der Waals surface area contributed by atoms with Gasteiger partial charge in [0.15, 0.2) is 0 Å². The number of hydrogen-bond donors (Lipinski definition) is 1. The standard InChI is InChI=1S/C5H8ClN3/c1-2-3-8-5(4-7)9-6/h2-3H2,1H3,(H,8,9). The van der Waals surface area contributed by atoms with Crippen molar-refractivity contribution in [2.24, 2.45) is 4.99 Å². The molecule has 0 aliphatic heterocycles. The summed E-state index contributed by atoms with van der Waals surface area (Å²) in [6.07, 6.45) is 0.920. The van der Waals surface area contributed by atoms with Crippen LogP contribution < -0.4 is 4.84 Å². The fourth-order valence-corrected chi connectivity index (χ4v) is 0.412. The van der Waals surface area contributed by atoms with E-state index in [4.69, 9.17) is 17.0 Å². The molecule has 1 N–H and O–H groups in total. The third kappa shape index (κ3) is 3.80. The van der Waals surface area contributed by atoms with Gasteiger partial charge in [0, 0.05) is 18.3 Å². The van der Waals surface area contributed by atoms with Gasteiger partial charge in [-0.2, -0.15) is 5.26 Å². The quantitative estimate of drug-likeness (QED) is 0.359. The number of nitrogens with one attached hydrogen (secondary N) is 1. The van der Waals surface area contributed by atoms with Gasteiger partial charge in [0.05, 0.1) is 0 Å². The van der Waals surface area contributed by atoms with E-state index in [0.29, 0.717) is 6.54 Å². The minimum absolute atomic E-state index is 0.179. The molecule has 0 heterocycles. The van der Waals surface area contributed by atoms with Gasteiger partial charge in [-0.15, -0.1) is 0 Å². The van der Waals surface area contributed by atoms with E-state index in [9.17, 15) is 0 Å². The summed E-state index contributed by atoms with van der Waals surface area (Å²) in [5.74, 6) is 0.179. The molecule has 0 aliphatic rings. The molecule has 0 radical (unpaired) electrons. The summed E-state index contributed by atoms with van der Waals surface area (Å²) in [5.41, 5.74) is 0. The van der Waals surface area contributed by atoms with Gasteiger partial charge < -0.3 is 0 Å². The van der Waals surface area contributed by atoms with Gasteiger partial charge in [-0.25, -0.2) is 0 Å². The van der Waals surface area contributed by atoms with Crippen LogP contribution >= 0.6 is 11.8 Å². The second kappa shape index (κ2) is 5.39. The highest BCUT2D eigenvalue weighted by Crippen LogP contribution is 1.79. The molecule has 0 saturated carbocycles.